The van der Waals surface area contributed by atoms with Crippen LogP contribution in [0, 0.1) is 12.8 Å². The van der Waals surface area contributed by atoms with Crippen LogP contribution in [0.1, 0.15) is 25.3 Å². The van der Waals surface area contributed by atoms with Crippen LogP contribution in [0.15, 0.2) is 16.7 Å². The highest BCUT2D eigenvalue weighted by atomic mass is 79.9. The molecule has 106 valence electrons. The molecule has 0 saturated carbocycles. The van der Waals surface area contributed by atoms with Crippen LogP contribution in [0.2, 0.25) is 0 Å². The lowest BCUT2D eigenvalue weighted by molar-refractivity contribution is 0.287. The first-order chi connectivity index (χ1) is 9.10. The molecule has 0 amide bonds. The van der Waals surface area contributed by atoms with Crippen molar-refractivity contribution in [3.63, 3.8) is 0 Å². The fourth-order valence-corrected chi connectivity index (χ4v) is 3.02. The number of aryl methyl sites for hydroxylation is 1. The SMILES string of the molecule is CCCN(C)CC1CCN(c2cc(C)c(Br)cn2)C1. The van der Waals surface area contributed by atoms with Gasteiger partial charge in [0.1, 0.15) is 5.82 Å². The lowest BCUT2D eigenvalue weighted by atomic mass is 10.1. The predicted octanol–water partition coefficient (Wildman–Crippen LogP) is 3.32. The number of halogens is 1. The van der Waals surface area contributed by atoms with E-state index in [0.717, 1.165) is 29.3 Å². The van der Waals surface area contributed by atoms with E-state index in [-0.39, 0.29) is 0 Å². The summed E-state index contributed by atoms with van der Waals surface area (Å²) in [4.78, 5) is 9.41. The Balaban J connectivity index is 1.92. The van der Waals surface area contributed by atoms with E-state index < -0.39 is 0 Å². The van der Waals surface area contributed by atoms with Gasteiger partial charge in [-0.05, 0) is 66.8 Å². The Morgan fingerprint density at radius 2 is 2.32 bits per heavy atom. The number of hydrogen-bond donors (Lipinski definition) is 0. The van der Waals surface area contributed by atoms with Crippen LogP contribution in [0.3, 0.4) is 0 Å². The number of pyridine rings is 1. The van der Waals surface area contributed by atoms with Crippen LogP contribution in [-0.4, -0.2) is 43.1 Å². The van der Waals surface area contributed by atoms with Gasteiger partial charge in [-0.2, -0.15) is 0 Å². The van der Waals surface area contributed by atoms with Crippen molar-refractivity contribution in [2.45, 2.75) is 26.7 Å². The molecule has 0 N–H and O–H groups in total. The zero-order valence-corrected chi connectivity index (χ0v) is 13.8. The molecule has 1 aromatic heterocycles. The maximum absolute atomic E-state index is 4.54. The van der Waals surface area contributed by atoms with Crippen molar-refractivity contribution < 1.29 is 0 Å². The van der Waals surface area contributed by atoms with E-state index in [2.05, 4.69) is 57.7 Å². The zero-order chi connectivity index (χ0) is 13.8. The van der Waals surface area contributed by atoms with Crippen LogP contribution in [-0.2, 0) is 0 Å². The molecule has 1 saturated heterocycles. The van der Waals surface area contributed by atoms with Crippen molar-refractivity contribution in [1.29, 1.82) is 0 Å². The normalized spacial score (nSPS) is 19.4. The fraction of sp³-hybridized carbons (Fsp3) is 0.667. The van der Waals surface area contributed by atoms with Gasteiger partial charge < -0.3 is 9.80 Å². The minimum Gasteiger partial charge on any atom is -0.356 e. The Morgan fingerprint density at radius 1 is 1.53 bits per heavy atom. The van der Waals surface area contributed by atoms with Crippen LogP contribution in [0.4, 0.5) is 5.82 Å². The molecule has 1 aromatic rings. The minimum absolute atomic E-state index is 0.780. The molecule has 0 spiro atoms. The smallest absolute Gasteiger partial charge is 0.128 e. The zero-order valence-electron chi connectivity index (χ0n) is 12.2. The van der Waals surface area contributed by atoms with Crippen molar-refractivity contribution >= 4 is 21.7 Å². The third kappa shape index (κ3) is 3.93. The van der Waals surface area contributed by atoms with E-state index in [1.165, 1.54) is 31.5 Å². The van der Waals surface area contributed by atoms with Gasteiger partial charge in [0.25, 0.3) is 0 Å². The monoisotopic (exact) mass is 325 g/mol. The van der Waals surface area contributed by atoms with Gasteiger partial charge >= 0.3 is 0 Å². The number of nitrogens with zero attached hydrogens (tertiary/aromatic N) is 3. The Kier molecular flexibility index (Phi) is 5.22. The molecule has 1 aliphatic heterocycles. The summed E-state index contributed by atoms with van der Waals surface area (Å²) in [6.07, 6.45) is 4.44. The van der Waals surface area contributed by atoms with Gasteiger partial charge in [-0.3, -0.25) is 0 Å². The molecule has 1 aliphatic rings. The molecule has 2 heterocycles. The summed E-state index contributed by atoms with van der Waals surface area (Å²) >= 11 is 3.51. The molecule has 1 fully saturated rings. The van der Waals surface area contributed by atoms with E-state index >= 15 is 0 Å². The van der Waals surface area contributed by atoms with Crippen molar-refractivity contribution in [3.8, 4) is 0 Å². The standard InChI is InChI=1S/C15H24BrN3/c1-4-6-18(3)10-13-5-7-19(11-13)15-8-12(2)14(16)9-17-15/h8-9,13H,4-7,10-11H2,1-3H3. The Labute approximate surface area is 125 Å². The quantitative estimate of drug-likeness (QED) is 0.827. The van der Waals surface area contributed by atoms with E-state index in [1.807, 2.05) is 6.20 Å². The molecule has 1 atom stereocenters. The van der Waals surface area contributed by atoms with Gasteiger partial charge in [-0.15, -0.1) is 0 Å². The van der Waals surface area contributed by atoms with Gasteiger partial charge in [0.15, 0.2) is 0 Å². The van der Waals surface area contributed by atoms with Crippen molar-refractivity contribution in [1.82, 2.24) is 9.88 Å². The van der Waals surface area contributed by atoms with E-state index in [0.29, 0.717) is 0 Å². The van der Waals surface area contributed by atoms with Crippen molar-refractivity contribution in [2.24, 2.45) is 5.92 Å². The highest BCUT2D eigenvalue weighted by Gasteiger charge is 2.24. The van der Waals surface area contributed by atoms with Crippen LogP contribution >= 0.6 is 15.9 Å². The van der Waals surface area contributed by atoms with Gasteiger partial charge in [0, 0.05) is 30.3 Å². The van der Waals surface area contributed by atoms with Gasteiger partial charge in [-0.1, -0.05) is 6.92 Å². The second kappa shape index (κ2) is 6.71. The van der Waals surface area contributed by atoms with Gasteiger partial charge in [0.2, 0.25) is 0 Å². The molecule has 2 rings (SSSR count). The number of aromatic nitrogens is 1. The first-order valence-corrected chi connectivity index (χ1v) is 7.95. The number of rotatable bonds is 5. The molecule has 0 aliphatic carbocycles. The second-order valence-corrected chi connectivity index (χ2v) is 6.51. The van der Waals surface area contributed by atoms with Crippen molar-refractivity contribution in [2.75, 3.05) is 38.1 Å². The molecule has 1 unspecified atom stereocenters. The molecular formula is C15H24BrN3. The summed E-state index contributed by atoms with van der Waals surface area (Å²) < 4.78 is 1.09. The topological polar surface area (TPSA) is 19.4 Å². The predicted molar refractivity (Wildman–Crippen MR) is 84.8 cm³/mol. The van der Waals surface area contributed by atoms with E-state index in [9.17, 15) is 0 Å². The third-order valence-corrected chi connectivity index (χ3v) is 4.65. The Morgan fingerprint density at radius 3 is 3.00 bits per heavy atom. The number of hydrogen-bond acceptors (Lipinski definition) is 3. The summed E-state index contributed by atoms with van der Waals surface area (Å²) in [7, 11) is 2.23. The average molecular weight is 326 g/mol. The number of anilines is 1. The van der Waals surface area contributed by atoms with Gasteiger partial charge in [0.05, 0.1) is 0 Å². The third-order valence-electron chi connectivity index (χ3n) is 3.82. The first-order valence-electron chi connectivity index (χ1n) is 7.15. The largest absolute Gasteiger partial charge is 0.356 e. The fourth-order valence-electron chi connectivity index (χ4n) is 2.80. The Bertz CT molecular complexity index is 422. The molecular weight excluding hydrogens is 302 g/mol. The maximum atomic E-state index is 4.54. The average Bonchev–Trinajstić information content (AvgIpc) is 2.81. The summed E-state index contributed by atoms with van der Waals surface area (Å²) in [6, 6.07) is 2.18. The summed E-state index contributed by atoms with van der Waals surface area (Å²) in [5.74, 6) is 1.91. The van der Waals surface area contributed by atoms with E-state index in [1.54, 1.807) is 0 Å². The molecule has 4 heteroatoms. The maximum Gasteiger partial charge on any atom is 0.128 e. The highest BCUT2D eigenvalue weighted by Crippen LogP contribution is 2.25. The second-order valence-electron chi connectivity index (χ2n) is 5.65. The van der Waals surface area contributed by atoms with E-state index in [4.69, 9.17) is 0 Å². The summed E-state index contributed by atoms with van der Waals surface area (Å²) in [5, 5.41) is 0. The first kappa shape index (κ1) is 14.8. The van der Waals surface area contributed by atoms with Crippen LogP contribution in [0.25, 0.3) is 0 Å². The van der Waals surface area contributed by atoms with Crippen molar-refractivity contribution in [3.05, 3.63) is 22.3 Å². The lowest BCUT2D eigenvalue weighted by Gasteiger charge is -2.21. The molecule has 3 nitrogen and oxygen atoms in total. The molecule has 0 bridgehead atoms. The van der Waals surface area contributed by atoms with Crippen LogP contribution in [0.5, 0.6) is 0 Å². The molecule has 19 heavy (non-hydrogen) atoms. The highest BCUT2D eigenvalue weighted by molar-refractivity contribution is 9.10. The lowest BCUT2D eigenvalue weighted by Crippen LogP contribution is -2.29. The van der Waals surface area contributed by atoms with Gasteiger partial charge in [-0.25, -0.2) is 4.98 Å². The summed E-state index contributed by atoms with van der Waals surface area (Å²) in [5.41, 5.74) is 1.26. The van der Waals surface area contributed by atoms with Crippen LogP contribution < -0.4 is 4.90 Å². The molecule has 0 aromatic carbocycles. The Hall–Kier alpha value is -0.610. The summed E-state index contributed by atoms with van der Waals surface area (Å²) in [6.45, 7) is 9.05. The molecule has 0 radical (unpaired) electrons. The minimum atomic E-state index is 0.780.